The van der Waals surface area contributed by atoms with Crippen molar-refractivity contribution in [3.05, 3.63) is 80.6 Å². The van der Waals surface area contributed by atoms with Gasteiger partial charge >= 0.3 is 5.69 Å². The van der Waals surface area contributed by atoms with E-state index in [0.717, 1.165) is 5.56 Å². The van der Waals surface area contributed by atoms with Crippen LogP contribution in [0, 0.1) is 10.1 Å². The summed E-state index contributed by atoms with van der Waals surface area (Å²) < 4.78 is 0. The third-order valence-corrected chi connectivity index (χ3v) is 4.40. The summed E-state index contributed by atoms with van der Waals surface area (Å²) in [7, 11) is 0. The van der Waals surface area contributed by atoms with E-state index in [1.807, 2.05) is 37.3 Å². The van der Waals surface area contributed by atoms with Crippen molar-refractivity contribution in [1.82, 2.24) is 9.97 Å². The van der Waals surface area contributed by atoms with Crippen LogP contribution in [0.3, 0.4) is 0 Å². The Labute approximate surface area is 165 Å². The number of aromatic nitrogens is 2. The molecule has 1 atom stereocenters. The molecule has 0 aliphatic rings. The molecule has 3 aromatic rings. The molecule has 0 saturated heterocycles. The van der Waals surface area contributed by atoms with Gasteiger partial charge in [0.2, 0.25) is 11.6 Å². The molecule has 138 valence electrons. The Bertz CT molecular complexity index is 969. The Morgan fingerprint density at radius 1 is 1.07 bits per heavy atom. The predicted octanol–water partition coefficient (Wildman–Crippen LogP) is 5.61. The van der Waals surface area contributed by atoms with Crippen molar-refractivity contribution in [3.8, 4) is 0 Å². The highest BCUT2D eigenvalue weighted by Crippen LogP contribution is 2.35. The largest absolute Gasteiger partial charge is 0.358 e. The Balaban J connectivity index is 1.95. The Hall–Kier alpha value is -2.90. The molecule has 0 bridgehead atoms. The lowest BCUT2D eigenvalue weighted by atomic mass is 10.1. The maximum absolute atomic E-state index is 11.7. The molecule has 0 spiro atoms. The van der Waals surface area contributed by atoms with Crippen LogP contribution in [0.4, 0.5) is 23.0 Å². The first kappa shape index (κ1) is 18.9. The Kier molecular flexibility index (Phi) is 5.73. The second-order valence-electron chi connectivity index (χ2n) is 5.70. The molecule has 3 rings (SSSR count). The van der Waals surface area contributed by atoms with Crippen LogP contribution in [0.1, 0.15) is 18.5 Å². The predicted molar refractivity (Wildman–Crippen MR) is 107 cm³/mol. The van der Waals surface area contributed by atoms with E-state index in [9.17, 15) is 10.1 Å². The Morgan fingerprint density at radius 2 is 1.78 bits per heavy atom. The minimum Gasteiger partial charge on any atom is -0.358 e. The van der Waals surface area contributed by atoms with Gasteiger partial charge in [0.1, 0.15) is 6.33 Å². The van der Waals surface area contributed by atoms with Crippen LogP contribution in [0.15, 0.2) is 54.9 Å². The maximum Gasteiger partial charge on any atom is 0.353 e. The van der Waals surface area contributed by atoms with Gasteiger partial charge in [-0.15, -0.1) is 0 Å². The van der Waals surface area contributed by atoms with Crippen molar-refractivity contribution < 1.29 is 4.92 Å². The number of hydrogen-bond acceptors (Lipinski definition) is 6. The number of benzene rings is 2. The van der Waals surface area contributed by atoms with Gasteiger partial charge in [-0.2, -0.15) is 0 Å². The van der Waals surface area contributed by atoms with Gasteiger partial charge in [-0.1, -0.05) is 53.5 Å². The van der Waals surface area contributed by atoms with Crippen LogP contribution in [0.5, 0.6) is 0 Å². The summed E-state index contributed by atoms with van der Waals surface area (Å²) in [5.41, 5.74) is 1.10. The minimum absolute atomic E-state index is 0.0157. The van der Waals surface area contributed by atoms with E-state index in [-0.39, 0.29) is 23.4 Å². The van der Waals surface area contributed by atoms with E-state index in [0.29, 0.717) is 15.7 Å². The zero-order valence-corrected chi connectivity index (χ0v) is 15.7. The molecule has 1 unspecified atom stereocenters. The van der Waals surface area contributed by atoms with E-state index in [1.54, 1.807) is 18.2 Å². The van der Waals surface area contributed by atoms with Gasteiger partial charge in [-0.25, -0.2) is 9.97 Å². The van der Waals surface area contributed by atoms with Crippen LogP contribution in [-0.2, 0) is 0 Å². The van der Waals surface area contributed by atoms with E-state index >= 15 is 0 Å². The molecule has 0 saturated carbocycles. The summed E-state index contributed by atoms with van der Waals surface area (Å²) in [6.45, 7) is 1.89. The lowest BCUT2D eigenvalue weighted by Crippen LogP contribution is -2.11. The van der Waals surface area contributed by atoms with Gasteiger partial charge in [-0.05, 0) is 30.7 Å². The standard InChI is InChI=1S/C18H15Cl2N5O2/c1-11(12-5-3-2-4-6-12)23-17-16(25(26)27)18(22-10-21-17)24-15-9-13(19)7-8-14(15)20/h2-11H,1H3,(H2,21,22,23,24). The van der Waals surface area contributed by atoms with Gasteiger partial charge in [0.25, 0.3) is 0 Å². The highest BCUT2D eigenvalue weighted by atomic mass is 35.5. The highest BCUT2D eigenvalue weighted by Gasteiger charge is 2.25. The van der Waals surface area contributed by atoms with Crippen molar-refractivity contribution in [2.45, 2.75) is 13.0 Å². The minimum atomic E-state index is -0.541. The fourth-order valence-electron chi connectivity index (χ4n) is 2.50. The smallest absolute Gasteiger partial charge is 0.353 e. The van der Waals surface area contributed by atoms with Gasteiger partial charge < -0.3 is 10.6 Å². The monoisotopic (exact) mass is 403 g/mol. The lowest BCUT2D eigenvalue weighted by molar-refractivity contribution is -0.383. The van der Waals surface area contributed by atoms with Crippen LogP contribution < -0.4 is 10.6 Å². The van der Waals surface area contributed by atoms with Crippen molar-refractivity contribution in [2.75, 3.05) is 10.6 Å². The molecule has 27 heavy (non-hydrogen) atoms. The van der Waals surface area contributed by atoms with Crippen LogP contribution in [0.25, 0.3) is 0 Å². The quantitative estimate of drug-likeness (QED) is 0.410. The second-order valence-corrected chi connectivity index (χ2v) is 6.55. The van der Waals surface area contributed by atoms with Crippen LogP contribution in [-0.4, -0.2) is 14.9 Å². The average Bonchev–Trinajstić information content (AvgIpc) is 2.65. The number of nitrogens with zero attached hydrogens (tertiary/aromatic N) is 3. The van der Waals surface area contributed by atoms with Gasteiger partial charge in [0.05, 0.1) is 21.7 Å². The summed E-state index contributed by atoms with van der Waals surface area (Å²) in [6.07, 6.45) is 1.24. The lowest BCUT2D eigenvalue weighted by Gasteiger charge is -2.16. The summed E-state index contributed by atoms with van der Waals surface area (Å²) in [6, 6.07) is 14.1. The molecule has 0 aliphatic heterocycles. The summed E-state index contributed by atoms with van der Waals surface area (Å²) in [5, 5.41) is 18.4. The molecule has 9 heteroatoms. The topological polar surface area (TPSA) is 93.0 Å². The third-order valence-electron chi connectivity index (χ3n) is 3.84. The normalized spacial score (nSPS) is 11.7. The first-order chi connectivity index (χ1) is 13.0. The molecule has 0 amide bonds. The van der Waals surface area contributed by atoms with Gasteiger partial charge in [0, 0.05) is 5.02 Å². The fraction of sp³-hybridized carbons (Fsp3) is 0.111. The molecule has 0 radical (unpaired) electrons. The van der Waals surface area contributed by atoms with Crippen LogP contribution >= 0.6 is 23.2 Å². The molecular weight excluding hydrogens is 389 g/mol. The Morgan fingerprint density at radius 3 is 2.48 bits per heavy atom. The molecule has 1 heterocycles. The molecule has 2 N–H and O–H groups in total. The maximum atomic E-state index is 11.7. The van der Waals surface area contributed by atoms with E-state index in [1.165, 1.54) is 6.33 Å². The van der Waals surface area contributed by atoms with E-state index in [2.05, 4.69) is 20.6 Å². The number of nitrogens with one attached hydrogen (secondary N) is 2. The highest BCUT2D eigenvalue weighted by molar-refractivity contribution is 6.35. The zero-order chi connectivity index (χ0) is 19.4. The first-order valence-electron chi connectivity index (χ1n) is 7.98. The fourth-order valence-corrected chi connectivity index (χ4v) is 2.84. The van der Waals surface area contributed by atoms with Crippen molar-refractivity contribution in [1.29, 1.82) is 0 Å². The molecule has 0 aliphatic carbocycles. The number of rotatable bonds is 6. The average molecular weight is 404 g/mol. The molecule has 0 fully saturated rings. The van der Waals surface area contributed by atoms with E-state index < -0.39 is 4.92 Å². The van der Waals surface area contributed by atoms with Gasteiger partial charge in [-0.3, -0.25) is 10.1 Å². The molecular formula is C18H15Cl2N5O2. The number of nitro groups is 1. The molecule has 1 aromatic heterocycles. The third kappa shape index (κ3) is 4.45. The van der Waals surface area contributed by atoms with Crippen LogP contribution in [0.2, 0.25) is 10.0 Å². The van der Waals surface area contributed by atoms with Crippen molar-refractivity contribution in [2.24, 2.45) is 0 Å². The summed E-state index contributed by atoms with van der Waals surface area (Å²) in [4.78, 5) is 19.2. The van der Waals surface area contributed by atoms with E-state index in [4.69, 9.17) is 23.2 Å². The zero-order valence-electron chi connectivity index (χ0n) is 14.2. The summed E-state index contributed by atoms with van der Waals surface area (Å²) in [5.74, 6) is 0.119. The second kappa shape index (κ2) is 8.20. The molecule has 7 nitrogen and oxygen atoms in total. The molecule has 2 aromatic carbocycles. The first-order valence-corrected chi connectivity index (χ1v) is 8.74. The van der Waals surface area contributed by atoms with Gasteiger partial charge in [0.15, 0.2) is 0 Å². The summed E-state index contributed by atoms with van der Waals surface area (Å²) >= 11 is 12.1. The number of anilines is 3. The van der Waals surface area contributed by atoms with Crippen molar-refractivity contribution >= 4 is 46.2 Å². The number of hydrogen-bond donors (Lipinski definition) is 2. The van der Waals surface area contributed by atoms with Crippen molar-refractivity contribution in [3.63, 3.8) is 0 Å². The SMILES string of the molecule is CC(Nc1ncnc(Nc2cc(Cl)ccc2Cl)c1[N+](=O)[O-])c1ccccc1. The number of halogens is 2.